The largest absolute Gasteiger partial charge is 0.492 e. The van der Waals surface area contributed by atoms with Gasteiger partial charge in [-0.2, -0.15) is 4.08 Å². The van der Waals surface area contributed by atoms with Crippen LogP contribution in [-0.2, 0) is 17.7 Å². The van der Waals surface area contributed by atoms with Crippen molar-refractivity contribution < 1.29 is 17.7 Å². The molecule has 0 amide bonds. The van der Waals surface area contributed by atoms with E-state index in [-0.39, 0.29) is 0 Å². The van der Waals surface area contributed by atoms with Crippen molar-refractivity contribution in [3.8, 4) is 0 Å². The van der Waals surface area contributed by atoms with Crippen molar-refractivity contribution in [2.75, 3.05) is 7.11 Å². The van der Waals surface area contributed by atoms with Gasteiger partial charge in [-0.1, -0.05) is 11.6 Å². The van der Waals surface area contributed by atoms with Crippen LogP contribution in [0.2, 0.25) is 0 Å². The van der Waals surface area contributed by atoms with Crippen LogP contribution >= 0.6 is 31.3 Å². The highest BCUT2D eigenvalue weighted by Gasteiger charge is 2.26. The molecule has 7 heteroatoms. The zero-order chi connectivity index (χ0) is 8.20. The Labute approximate surface area is 69.1 Å². The van der Waals surface area contributed by atoms with Gasteiger partial charge in [-0.05, 0) is 6.92 Å². The van der Waals surface area contributed by atoms with Gasteiger partial charge >= 0.3 is 7.82 Å². The molecule has 0 aliphatic carbocycles. The van der Waals surface area contributed by atoms with Crippen molar-refractivity contribution in [1.82, 2.24) is 0 Å². The lowest BCUT2D eigenvalue weighted by molar-refractivity contribution is 0.175. The molecule has 2 unspecified atom stereocenters. The molecule has 0 aromatic heterocycles. The maximum Gasteiger partial charge on any atom is 0.492 e. The summed E-state index contributed by atoms with van der Waals surface area (Å²) in [5.41, 5.74) is -0.774. The Morgan fingerprint density at radius 1 is 1.60 bits per heavy atom. The van der Waals surface area contributed by atoms with Crippen molar-refractivity contribution >= 4 is 31.3 Å². The minimum Gasteiger partial charge on any atom is -0.289 e. The number of phosphoric acid groups is 1. The van der Waals surface area contributed by atoms with E-state index in [1.807, 2.05) is 0 Å². The van der Waals surface area contributed by atoms with Crippen molar-refractivity contribution in [2.45, 2.75) is 12.5 Å². The lowest BCUT2D eigenvalue weighted by atomic mass is 10.9. The van der Waals surface area contributed by atoms with Crippen LogP contribution in [0.3, 0.4) is 0 Å². The molecule has 0 aromatic carbocycles. The van der Waals surface area contributed by atoms with Crippen molar-refractivity contribution in [2.24, 2.45) is 0 Å². The first kappa shape index (κ1) is 10.7. The van der Waals surface area contributed by atoms with Crippen LogP contribution in [-0.4, -0.2) is 12.7 Å². The van der Waals surface area contributed by atoms with Crippen LogP contribution in [0, 0.1) is 0 Å². The number of halogens is 2. The quantitative estimate of drug-likeness (QED) is 0.527. The molecule has 0 fully saturated rings. The fourth-order valence-electron chi connectivity index (χ4n) is 0.265. The lowest BCUT2D eigenvalue weighted by Gasteiger charge is -2.11. The number of rotatable bonds is 4. The average Bonchev–Trinajstić information content (AvgIpc) is 1.87. The molecule has 2 atom stereocenters. The Morgan fingerprint density at radius 3 is 2.20 bits per heavy atom. The summed E-state index contributed by atoms with van der Waals surface area (Å²) in [5.74, 6) is 0. The number of hydrogen-bond acceptors (Lipinski definition) is 4. The molecular weight excluding hydrogens is 202 g/mol. The minimum absolute atomic E-state index is 0.774. The standard InChI is InChI=1S/C3H7Cl2O4P/c1-3(4)8-10(6,7-2)9-5/h3H,1-2H3. The van der Waals surface area contributed by atoms with E-state index in [2.05, 4.69) is 13.1 Å². The highest BCUT2D eigenvalue weighted by Crippen LogP contribution is 2.51. The van der Waals surface area contributed by atoms with Crippen LogP contribution in [0.5, 0.6) is 0 Å². The highest BCUT2D eigenvalue weighted by molar-refractivity contribution is 7.49. The molecule has 0 aliphatic heterocycles. The average molecular weight is 209 g/mol. The van der Waals surface area contributed by atoms with E-state index in [1.54, 1.807) is 0 Å². The molecule has 10 heavy (non-hydrogen) atoms. The summed E-state index contributed by atoms with van der Waals surface area (Å²) in [6, 6.07) is 0. The van der Waals surface area contributed by atoms with E-state index < -0.39 is 13.4 Å². The fourth-order valence-corrected chi connectivity index (χ4v) is 1.36. The van der Waals surface area contributed by atoms with E-state index in [0.29, 0.717) is 0 Å². The molecular formula is C3H7Cl2O4P. The maximum atomic E-state index is 10.9. The Morgan fingerprint density at radius 2 is 2.10 bits per heavy atom. The number of alkyl halides is 1. The summed E-state index contributed by atoms with van der Waals surface area (Å²) in [4.78, 5) is 0. The smallest absolute Gasteiger partial charge is 0.289 e. The molecule has 62 valence electrons. The topological polar surface area (TPSA) is 44.8 Å². The molecule has 0 rings (SSSR count). The molecule has 0 radical (unpaired) electrons. The van der Waals surface area contributed by atoms with Gasteiger partial charge in [-0.3, -0.25) is 9.05 Å². The van der Waals surface area contributed by atoms with Gasteiger partial charge in [0, 0.05) is 7.11 Å². The van der Waals surface area contributed by atoms with Gasteiger partial charge in [0.2, 0.25) is 0 Å². The van der Waals surface area contributed by atoms with Crippen molar-refractivity contribution in [3.63, 3.8) is 0 Å². The molecule has 0 spiro atoms. The van der Waals surface area contributed by atoms with Crippen LogP contribution < -0.4 is 0 Å². The van der Waals surface area contributed by atoms with Crippen LogP contribution in [0.25, 0.3) is 0 Å². The lowest BCUT2D eigenvalue weighted by Crippen LogP contribution is -1.98. The number of phosphoric ester groups is 1. The molecule has 0 saturated heterocycles. The van der Waals surface area contributed by atoms with Gasteiger partial charge in [-0.15, -0.1) is 0 Å². The van der Waals surface area contributed by atoms with Gasteiger partial charge < -0.3 is 0 Å². The second-order valence-electron chi connectivity index (χ2n) is 1.35. The van der Waals surface area contributed by atoms with E-state index in [9.17, 15) is 4.57 Å². The normalized spacial score (nSPS) is 20.0. The molecule has 0 heterocycles. The summed E-state index contributed by atoms with van der Waals surface area (Å²) < 4.78 is 23.5. The van der Waals surface area contributed by atoms with E-state index in [4.69, 9.17) is 23.5 Å². The molecule has 0 saturated carbocycles. The summed E-state index contributed by atoms with van der Waals surface area (Å²) >= 11 is 10.1. The zero-order valence-corrected chi connectivity index (χ0v) is 7.82. The predicted molar refractivity (Wildman–Crippen MR) is 38.0 cm³/mol. The first-order valence-electron chi connectivity index (χ1n) is 2.32. The Bertz CT molecular complexity index is 130. The maximum absolute atomic E-state index is 10.9. The van der Waals surface area contributed by atoms with Crippen LogP contribution in [0.4, 0.5) is 0 Å². The monoisotopic (exact) mass is 208 g/mol. The second-order valence-corrected chi connectivity index (χ2v) is 3.98. The second kappa shape index (κ2) is 4.54. The van der Waals surface area contributed by atoms with E-state index in [0.717, 1.165) is 7.11 Å². The Balaban J connectivity index is 3.94. The summed E-state index contributed by atoms with van der Waals surface area (Å²) in [6.07, 6.45) is 0. The molecule has 0 aliphatic rings. The minimum atomic E-state index is -3.60. The summed E-state index contributed by atoms with van der Waals surface area (Å²) in [6.45, 7) is 1.46. The third-order valence-corrected chi connectivity index (χ3v) is 2.49. The van der Waals surface area contributed by atoms with E-state index in [1.165, 1.54) is 6.92 Å². The summed E-state index contributed by atoms with van der Waals surface area (Å²) in [5, 5.41) is 0. The first-order chi connectivity index (χ1) is 4.54. The third kappa shape index (κ3) is 3.76. The Kier molecular flexibility index (Phi) is 4.86. The first-order valence-corrected chi connectivity index (χ1v) is 4.53. The molecule has 0 aromatic rings. The SMILES string of the molecule is COP(=O)(OCl)OC(C)Cl. The van der Waals surface area contributed by atoms with E-state index >= 15 is 0 Å². The highest BCUT2D eigenvalue weighted by atomic mass is 35.5. The van der Waals surface area contributed by atoms with Crippen molar-refractivity contribution in [3.05, 3.63) is 0 Å². The zero-order valence-electron chi connectivity index (χ0n) is 5.41. The fraction of sp³-hybridized carbons (Fsp3) is 1.00. The van der Waals surface area contributed by atoms with Gasteiger partial charge in [0.25, 0.3) is 0 Å². The van der Waals surface area contributed by atoms with Gasteiger partial charge in [0.1, 0.15) is 5.56 Å². The molecule has 0 N–H and O–H groups in total. The van der Waals surface area contributed by atoms with Gasteiger partial charge in [0.15, 0.2) is 0 Å². The molecule has 0 bridgehead atoms. The van der Waals surface area contributed by atoms with Crippen molar-refractivity contribution in [1.29, 1.82) is 0 Å². The predicted octanol–water partition coefficient (Wildman–Crippen LogP) is 2.51. The Hall–Kier alpha value is 0.690. The molecule has 4 nitrogen and oxygen atoms in total. The summed E-state index contributed by atoms with van der Waals surface area (Å²) in [7, 11) is -2.46. The van der Waals surface area contributed by atoms with Gasteiger partial charge in [-0.25, -0.2) is 4.57 Å². The van der Waals surface area contributed by atoms with Crippen LogP contribution in [0.15, 0.2) is 0 Å². The third-order valence-electron chi connectivity index (χ3n) is 0.582. The van der Waals surface area contributed by atoms with Gasteiger partial charge in [0.05, 0.1) is 11.9 Å². The van der Waals surface area contributed by atoms with Crippen LogP contribution in [0.1, 0.15) is 6.92 Å². The number of hydrogen-bond donors (Lipinski definition) is 0.